The molecule has 102 valence electrons. The van der Waals surface area contributed by atoms with Crippen LogP contribution in [0.1, 0.15) is 19.3 Å². The number of ether oxygens (including phenoxy) is 2. The summed E-state index contributed by atoms with van der Waals surface area (Å²) in [5.41, 5.74) is 0. The normalized spacial score (nSPS) is 31.5. The molecule has 2 aliphatic heterocycles. The van der Waals surface area contributed by atoms with Crippen LogP contribution in [0.4, 0.5) is 0 Å². The van der Waals surface area contributed by atoms with Crippen molar-refractivity contribution < 1.29 is 24.2 Å². The molecule has 0 aliphatic carbocycles. The molecule has 1 amide bonds. The van der Waals surface area contributed by atoms with Gasteiger partial charge in [0, 0.05) is 13.7 Å². The minimum absolute atomic E-state index is 0.00875. The molecule has 18 heavy (non-hydrogen) atoms. The predicted octanol–water partition coefficient (Wildman–Crippen LogP) is 0.114. The quantitative estimate of drug-likeness (QED) is 0.773. The van der Waals surface area contributed by atoms with Gasteiger partial charge in [0.15, 0.2) is 0 Å². The summed E-state index contributed by atoms with van der Waals surface area (Å²) in [4.78, 5) is 24.6. The van der Waals surface area contributed by atoms with Crippen LogP contribution in [0.15, 0.2) is 0 Å². The third kappa shape index (κ3) is 2.81. The number of carbonyl (C=O) groups excluding carboxylic acids is 1. The molecule has 3 atom stereocenters. The Morgan fingerprint density at radius 1 is 1.39 bits per heavy atom. The fourth-order valence-electron chi connectivity index (χ4n) is 2.49. The van der Waals surface area contributed by atoms with Crippen molar-refractivity contribution in [3.8, 4) is 0 Å². The second kappa shape index (κ2) is 5.67. The van der Waals surface area contributed by atoms with Gasteiger partial charge < -0.3 is 19.5 Å². The van der Waals surface area contributed by atoms with Gasteiger partial charge in [0.25, 0.3) is 0 Å². The van der Waals surface area contributed by atoms with Crippen LogP contribution in [0.25, 0.3) is 0 Å². The number of hydrogen-bond acceptors (Lipinski definition) is 4. The Morgan fingerprint density at radius 3 is 2.78 bits per heavy atom. The second-order valence-electron chi connectivity index (χ2n) is 4.89. The molecular weight excluding hydrogens is 238 g/mol. The van der Waals surface area contributed by atoms with Crippen LogP contribution in [0.5, 0.6) is 0 Å². The lowest BCUT2D eigenvalue weighted by Gasteiger charge is -2.27. The summed E-state index contributed by atoms with van der Waals surface area (Å²) in [6, 6.07) is -0.364. The highest BCUT2D eigenvalue weighted by atomic mass is 16.5. The van der Waals surface area contributed by atoms with E-state index in [1.54, 1.807) is 7.05 Å². The fourth-order valence-corrected chi connectivity index (χ4v) is 2.49. The summed E-state index contributed by atoms with van der Waals surface area (Å²) in [6.07, 6.45) is 2.22. The minimum Gasteiger partial charge on any atom is -0.481 e. The number of carbonyl (C=O) groups is 2. The number of likely N-dealkylation sites (N-methyl/N-ethyl adjacent to an activating group) is 1. The Balaban J connectivity index is 1.90. The molecule has 2 fully saturated rings. The number of hydrogen-bond donors (Lipinski definition) is 1. The lowest BCUT2D eigenvalue weighted by molar-refractivity contribution is -0.144. The van der Waals surface area contributed by atoms with Crippen LogP contribution in [0.3, 0.4) is 0 Å². The maximum Gasteiger partial charge on any atom is 0.311 e. The summed E-state index contributed by atoms with van der Waals surface area (Å²) in [6.45, 7) is 1.19. The van der Waals surface area contributed by atoms with Gasteiger partial charge in [0.05, 0.1) is 31.8 Å². The highest BCUT2D eigenvalue weighted by Crippen LogP contribution is 2.22. The smallest absolute Gasteiger partial charge is 0.311 e. The molecule has 3 unspecified atom stereocenters. The van der Waals surface area contributed by atoms with Gasteiger partial charge in [-0.15, -0.1) is 0 Å². The fraction of sp³-hybridized carbons (Fsp3) is 0.833. The van der Waals surface area contributed by atoms with Gasteiger partial charge in [-0.25, -0.2) is 0 Å². The predicted molar refractivity (Wildman–Crippen MR) is 62.1 cm³/mol. The number of rotatable bonds is 4. The Hall–Kier alpha value is -1.14. The molecular formula is C12H19NO5. The van der Waals surface area contributed by atoms with E-state index >= 15 is 0 Å². The van der Waals surface area contributed by atoms with Crippen LogP contribution in [0.2, 0.25) is 0 Å². The van der Waals surface area contributed by atoms with E-state index in [-0.39, 0.29) is 24.7 Å². The van der Waals surface area contributed by atoms with Crippen molar-refractivity contribution >= 4 is 11.9 Å². The van der Waals surface area contributed by atoms with Gasteiger partial charge >= 0.3 is 5.97 Å². The zero-order chi connectivity index (χ0) is 13.1. The van der Waals surface area contributed by atoms with E-state index in [4.69, 9.17) is 14.6 Å². The summed E-state index contributed by atoms with van der Waals surface area (Å²) < 4.78 is 10.6. The molecule has 6 nitrogen and oxygen atoms in total. The first-order valence-corrected chi connectivity index (χ1v) is 6.27. The van der Waals surface area contributed by atoms with E-state index in [0.29, 0.717) is 19.6 Å². The van der Waals surface area contributed by atoms with Crippen molar-refractivity contribution in [2.45, 2.75) is 31.4 Å². The second-order valence-corrected chi connectivity index (χ2v) is 4.89. The van der Waals surface area contributed by atoms with Crippen LogP contribution in [0, 0.1) is 5.92 Å². The first-order valence-electron chi connectivity index (χ1n) is 6.27. The number of carboxylic acid groups (broad SMARTS) is 1. The van der Waals surface area contributed by atoms with Gasteiger partial charge in [0.2, 0.25) is 5.91 Å². The maximum atomic E-state index is 12.1. The van der Waals surface area contributed by atoms with E-state index in [9.17, 15) is 9.59 Å². The van der Waals surface area contributed by atoms with Crippen molar-refractivity contribution in [1.82, 2.24) is 4.90 Å². The highest BCUT2D eigenvalue weighted by molar-refractivity contribution is 5.78. The number of nitrogens with zero attached hydrogens (tertiary/aromatic N) is 1. The van der Waals surface area contributed by atoms with Gasteiger partial charge in [-0.1, -0.05) is 0 Å². The van der Waals surface area contributed by atoms with Crippen LogP contribution >= 0.6 is 0 Å². The number of carboxylic acids is 1. The van der Waals surface area contributed by atoms with Crippen molar-refractivity contribution in [1.29, 1.82) is 0 Å². The molecule has 2 rings (SSSR count). The maximum absolute atomic E-state index is 12.1. The van der Waals surface area contributed by atoms with E-state index in [2.05, 4.69) is 0 Å². The van der Waals surface area contributed by atoms with E-state index in [0.717, 1.165) is 12.8 Å². The summed E-state index contributed by atoms with van der Waals surface area (Å²) >= 11 is 0. The van der Waals surface area contributed by atoms with Crippen LogP contribution in [-0.4, -0.2) is 60.9 Å². The largest absolute Gasteiger partial charge is 0.481 e. The van der Waals surface area contributed by atoms with Crippen LogP contribution in [-0.2, 0) is 19.1 Å². The van der Waals surface area contributed by atoms with Crippen molar-refractivity contribution in [2.75, 3.05) is 26.9 Å². The molecule has 0 aromatic heterocycles. The molecule has 2 aliphatic rings. The van der Waals surface area contributed by atoms with Crippen molar-refractivity contribution in [3.63, 3.8) is 0 Å². The topological polar surface area (TPSA) is 76.1 Å². The van der Waals surface area contributed by atoms with E-state index < -0.39 is 11.9 Å². The molecule has 0 bridgehead atoms. The average molecular weight is 257 g/mol. The van der Waals surface area contributed by atoms with Crippen molar-refractivity contribution in [2.24, 2.45) is 5.92 Å². The Morgan fingerprint density at radius 2 is 2.17 bits per heavy atom. The highest BCUT2D eigenvalue weighted by Gasteiger charge is 2.38. The molecule has 0 saturated carbocycles. The third-order valence-corrected chi connectivity index (χ3v) is 3.68. The lowest BCUT2D eigenvalue weighted by Crippen LogP contribution is -2.44. The lowest BCUT2D eigenvalue weighted by atomic mass is 10.0. The molecule has 2 heterocycles. The van der Waals surface area contributed by atoms with Gasteiger partial charge in [0.1, 0.15) is 5.92 Å². The minimum atomic E-state index is -0.908. The van der Waals surface area contributed by atoms with E-state index in [1.165, 1.54) is 4.90 Å². The standard InChI is InChI=1S/C12H19NO5/c1-13(10-7-17-6-9(10)12(15)16)11(14)5-8-3-2-4-18-8/h8-10H,2-7H2,1H3,(H,15,16). The molecule has 1 N–H and O–H groups in total. The Labute approximate surface area is 106 Å². The first-order chi connectivity index (χ1) is 8.59. The monoisotopic (exact) mass is 257 g/mol. The molecule has 0 spiro atoms. The summed E-state index contributed by atoms with van der Waals surface area (Å²) in [5, 5.41) is 9.06. The molecule has 0 radical (unpaired) electrons. The zero-order valence-electron chi connectivity index (χ0n) is 10.5. The summed E-state index contributed by atoms with van der Waals surface area (Å²) in [7, 11) is 1.65. The van der Waals surface area contributed by atoms with Gasteiger partial charge in [-0.05, 0) is 12.8 Å². The number of aliphatic carboxylic acids is 1. The zero-order valence-corrected chi connectivity index (χ0v) is 10.5. The molecule has 2 saturated heterocycles. The molecule has 0 aromatic carbocycles. The molecule has 0 aromatic rings. The SMILES string of the molecule is CN(C(=O)CC1CCCO1)C1COCC1C(=O)O. The third-order valence-electron chi connectivity index (χ3n) is 3.68. The molecule has 6 heteroatoms. The first kappa shape index (κ1) is 13.3. The van der Waals surface area contributed by atoms with Crippen LogP contribution < -0.4 is 0 Å². The van der Waals surface area contributed by atoms with Gasteiger partial charge in [-0.2, -0.15) is 0 Å². The average Bonchev–Trinajstić information content (AvgIpc) is 2.97. The Bertz CT molecular complexity index is 326. The Kier molecular flexibility index (Phi) is 4.19. The summed E-state index contributed by atoms with van der Waals surface area (Å²) in [5.74, 6) is -1.60. The van der Waals surface area contributed by atoms with Crippen molar-refractivity contribution in [3.05, 3.63) is 0 Å². The van der Waals surface area contributed by atoms with E-state index in [1.807, 2.05) is 0 Å². The van der Waals surface area contributed by atoms with Gasteiger partial charge in [-0.3, -0.25) is 9.59 Å². The number of amides is 1.